The lowest BCUT2D eigenvalue weighted by molar-refractivity contribution is 0.0572. The number of nitrogens with one attached hydrogen (secondary N) is 1. The summed E-state index contributed by atoms with van der Waals surface area (Å²) < 4.78 is 0. The van der Waals surface area contributed by atoms with Crippen molar-refractivity contribution in [2.45, 2.75) is 90.3 Å². The van der Waals surface area contributed by atoms with E-state index in [1.54, 1.807) is 6.20 Å². The molecule has 1 N–H and O–H groups in total. The van der Waals surface area contributed by atoms with Gasteiger partial charge in [-0.1, -0.05) is 68.4 Å². The van der Waals surface area contributed by atoms with Gasteiger partial charge in [0.25, 0.3) is 5.91 Å². The summed E-state index contributed by atoms with van der Waals surface area (Å²) in [5.41, 5.74) is 1.89. The van der Waals surface area contributed by atoms with Crippen molar-refractivity contribution in [2.24, 2.45) is 11.8 Å². The fourth-order valence-corrected chi connectivity index (χ4v) is 7.51. The number of anilines is 1. The van der Waals surface area contributed by atoms with Gasteiger partial charge in [0.1, 0.15) is 5.82 Å². The van der Waals surface area contributed by atoms with Crippen LogP contribution in [0.2, 0.25) is 10.0 Å². The zero-order chi connectivity index (χ0) is 29.5. The van der Waals surface area contributed by atoms with Gasteiger partial charge in [-0.05, 0) is 87.2 Å². The van der Waals surface area contributed by atoms with E-state index in [1.807, 2.05) is 18.2 Å². The molecule has 0 unspecified atom stereocenters. The Kier molecular flexibility index (Phi) is 11.4. The average Bonchev–Trinajstić information content (AvgIpc) is 3.01. The second kappa shape index (κ2) is 15.2. The molecule has 230 valence electrons. The number of halogens is 2. The molecular weight excluding hydrogens is 565 g/mol. The number of carbonyl (C=O) groups is 1. The number of hydrogen-bond donors (Lipinski definition) is 1. The van der Waals surface area contributed by atoms with Gasteiger partial charge in [-0.3, -0.25) is 14.6 Å². The van der Waals surface area contributed by atoms with Gasteiger partial charge in [0.05, 0.1) is 10.6 Å². The number of hydrogen-bond acceptors (Lipinski definition) is 5. The van der Waals surface area contributed by atoms with E-state index in [0.29, 0.717) is 34.5 Å². The van der Waals surface area contributed by atoms with Crippen LogP contribution in [-0.4, -0.2) is 72.0 Å². The van der Waals surface area contributed by atoms with Gasteiger partial charge in [0.2, 0.25) is 0 Å². The summed E-state index contributed by atoms with van der Waals surface area (Å²) in [5.74, 6) is 2.02. The quantitative estimate of drug-likeness (QED) is 0.305. The summed E-state index contributed by atoms with van der Waals surface area (Å²) in [4.78, 5) is 25.3. The Morgan fingerprint density at radius 3 is 2.43 bits per heavy atom. The molecule has 42 heavy (non-hydrogen) atoms. The van der Waals surface area contributed by atoms with Crippen LogP contribution in [0, 0.1) is 11.8 Å². The number of aromatic nitrogens is 1. The lowest BCUT2D eigenvalue weighted by atomic mass is 9.89. The third-order valence-corrected chi connectivity index (χ3v) is 10.1. The number of nitrogens with zero attached hydrogens (tertiary/aromatic N) is 4. The molecule has 5 rings (SSSR count). The van der Waals surface area contributed by atoms with E-state index >= 15 is 0 Å². The van der Waals surface area contributed by atoms with Crippen molar-refractivity contribution in [3.05, 3.63) is 57.7 Å². The van der Waals surface area contributed by atoms with Crippen LogP contribution in [0.4, 0.5) is 5.82 Å². The highest BCUT2D eigenvalue weighted by molar-refractivity contribution is 6.33. The number of likely N-dealkylation sites (tertiary alicyclic amines) is 1. The summed E-state index contributed by atoms with van der Waals surface area (Å²) in [6.45, 7) is 11.5. The van der Waals surface area contributed by atoms with Crippen LogP contribution in [-0.2, 0) is 6.54 Å². The van der Waals surface area contributed by atoms with Crippen molar-refractivity contribution >= 4 is 34.9 Å². The number of benzene rings is 1. The summed E-state index contributed by atoms with van der Waals surface area (Å²) in [6.07, 6.45) is 12.8. The van der Waals surface area contributed by atoms with Crippen LogP contribution in [0.5, 0.6) is 0 Å². The SMILES string of the molecule is CC(C)CC[C@H]1CN(c2ncc(C(=O)NCC3CCCCC3)cc2Cl)CCN1C1CCN(Cc2ccc(Cl)cc2)CC1. The summed E-state index contributed by atoms with van der Waals surface area (Å²) >= 11 is 12.9. The molecular formula is C34H49Cl2N5O. The predicted octanol–water partition coefficient (Wildman–Crippen LogP) is 7.29. The molecule has 0 radical (unpaired) electrons. The number of carbonyl (C=O) groups excluding carboxylic acids is 1. The van der Waals surface area contributed by atoms with E-state index in [0.717, 1.165) is 56.7 Å². The summed E-state index contributed by atoms with van der Waals surface area (Å²) in [5, 5.41) is 4.50. The highest BCUT2D eigenvalue weighted by atomic mass is 35.5. The van der Waals surface area contributed by atoms with Crippen molar-refractivity contribution in [2.75, 3.05) is 44.2 Å². The number of pyridine rings is 1. The highest BCUT2D eigenvalue weighted by Gasteiger charge is 2.34. The minimum Gasteiger partial charge on any atom is -0.353 e. The lowest BCUT2D eigenvalue weighted by Gasteiger charge is -2.48. The van der Waals surface area contributed by atoms with Gasteiger partial charge < -0.3 is 10.2 Å². The van der Waals surface area contributed by atoms with Crippen LogP contribution in [0.25, 0.3) is 0 Å². The molecule has 3 aliphatic rings. The zero-order valence-corrected chi connectivity index (χ0v) is 27.1. The molecule has 1 aromatic heterocycles. The molecule has 8 heteroatoms. The summed E-state index contributed by atoms with van der Waals surface area (Å²) in [6, 6.07) is 11.2. The van der Waals surface area contributed by atoms with Gasteiger partial charge in [0.15, 0.2) is 0 Å². The Hall–Kier alpha value is -1.86. The van der Waals surface area contributed by atoms with Crippen molar-refractivity contribution < 1.29 is 4.79 Å². The average molecular weight is 615 g/mol. The van der Waals surface area contributed by atoms with E-state index in [-0.39, 0.29) is 5.91 Å². The molecule has 1 amide bonds. The third kappa shape index (κ3) is 8.62. The smallest absolute Gasteiger partial charge is 0.252 e. The monoisotopic (exact) mass is 613 g/mol. The van der Waals surface area contributed by atoms with Crippen LogP contribution in [0.1, 0.15) is 87.6 Å². The molecule has 0 spiro atoms. The van der Waals surface area contributed by atoms with E-state index in [2.05, 4.69) is 46.0 Å². The first kappa shape index (κ1) is 31.6. The van der Waals surface area contributed by atoms with Gasteiger partial charge in [-0.2, -0.15) is 0 Å². The lowest BCUT2D eigenvalue weighted by Crippen LogP contribution is -2.58. The second-order valence-electron chi connectivity index (χ2n) is 13.2. The molecule has 1 aliphatic carbocycles. The highest BCUT2D eigenvalue weighted by Crippen LogP contribution is 2.31. The maximum absolute atomic E-state index is 12.8. The first-order valence-corrected chi connectivity index (χ1v) is 17.0. The van der Waals surface area contributed by atoms with Gasteiger partial charge in [-0.25, -0.2) is 4.98 Å². The molecule has 6 nitrogen and oxygen atoms in total. The van der Waals surface area contributed by atoms with Crippen molar-refractivity contribution in [1.82, 2.24) is 20.1 Å². The second-order valence-corrected chi connectivity index (χ2v) is 14.0. The normalized spacial score (nSPS) is 21.6. The molecule has 3 heterocycles. The standard InChI is InChI=1S/C34H49Cl2N5O/c1-25(2)8-13-31-24-40(33-32(36)20-28(22-37-33)34(42)38-21-26-6-4-3-5-7-26)18-19-41(31)30-14-16-39(17-15-30)23-27-9-11-29(35)12-10-27/h9-12,20,22,25-26,30-31H,3-8,13-19,21,23-24H2,1-2H3,(H,38,42)/t31-/m0/s1. The zero-order valence-electron chi connectivity index (χ0n) is 25.5. The minimum atomic E-state index is -0.0662. The molecule has 3 fully saturated rings. The molecule has 2 saturated heterocycles. The number of amides is 1. The molecule has 1 atom stereocenters. The van der Waals surface area contributed by atoms with Crippen LogP contribution >= 0.6 is 23.2 Å². The van der Waals surface area contributed by atoms with Crippen LogP contribution in [0.15, 0.2) is 36.5 Å². The minimum absolute atomic E-state index is 0.0662. The third-order valence-electron chi connectivity index (χ3n) is 9.61. The molecule has 2 aliphatic heterocycles. The van der Waals surface area contributed by atoms with E-state index in [1.165, 1.54) is 63.4 Å². The van der Waals surface area contributed by atoms with Gasteiger partial charge in [0, 0.05) is 56.0 Å². The maximum atomic E-state index is 12.8. The van der Waals surface area contributed by atoms with E-state index in [4.69, 9.17) is 28.2 Å². The van der Waals surface area contributed by atoms with E-state index in [9.17, 15) is 4.79 Å². The molecule has 1 saturated carbocycles. The summed E-state index contributed by atoms with van der Waals surface area (Å²) in [7, 11) is 0. The predicted molar refractivity (Wildman–Crippen MR) is 175 cm³/mol. The molecule has 2 aromatic rings. The van der Waals surface area contributed by atoms with Crippen molar-refractivity contribution in [1.29, 1.82) is 0 Å². The Balaban J connectivity index is 1.17. The fraction of sp³-hybridized carbons (Fsp3) is 0.647. The Labute approximate surface area is 263 Å². The van der Waals surface area contributed by atoms with E-state index < -0.39 is 0 Å². The first-order chi connectivity index (χ1) is 20.4. The topological polar surface area (TPSA) is 51.7 Å². The Bertz CT molecular complexity index is 1150. The molecule has 0 bridgehead atoms. The largest absolute Gasteiger partial charge is 0.353 e. The van der Waals surface area contributed by atoms with Gasteiger partial charge in [-0.15, -0.1) is 0 Å². The van der Waals surface area contributed by atoms with Crippen molar-refractivity contribution in [3.63, 3.8) is 0 Å². The number of rotatable bonds is 10. The van der Waals surface area contributed by atoms with Crippen molar-refractivity contribution in [3.8, 4) is 0 Å². The Morgan fingerprint density at radius 1 is 1.00 bits per heavy atom. The Morgan fingerprint density at radius 2 is 1.74 bits per heavy atom. The molecule has 1 aromatic carbocycles. The maximum Gasteiger partial charge on any atom is 0.252 e. The van der Waals surface area contributed by atoms with Crippen LogP contribution < -0.4 is 10.2 Å². The fourth-order valence-electron chi connectivity index (χ4n) is 7.10. The number of piperazine rings is 1. The number of piperidine rings is 1. The van der Waals surface area contributed by atoms with Crippen LogP contribution in [0.3, 0.4) is 0 Å². The first-order valence-electron chi connectivity index (χ1n) is 16.3. The van der Waals surface area contributed by atoms with Gasteiger partial charge >= 0.3 is 0 Å².